The molecule has 0 fully saturated rings. The minimum absolute atomic E-state index is 0.346. The molecule has 1 aromatic heterocycles. The van der Waals surface area contributed by atoms with Crippen molar-refractivity contribution in [2.24, 2.45) is 11.8 Å². The molecule has 2 aromatic carbocycles. The fraction of sp³-hybridized carbons (Fsp3) is 0.478. The quantitative estimate of drug-likeness (QED) is 0.639. The van der Waals surface area contributed by atoms with Gasteiger partial charge in [-0.15, -0.1) is 0 Å². The van der Waals surface area contributed by atoms with Gasteiger partial charge in [0, 0.05) is 33.6 Å². The number of hydrogen-bond donors (Lipinski definition) is 2. The third-order valence-electron chi connectivity index (χ3n) is 4.99. The van der Waals surface area contributed by atoms with Gasteiger partial charge in [-0.05, 0) is 12.1 Å². The normalized spacial score (nSPS) is 13.5. The molecule has 1 heterocycles. The highest BCUT2D eigenvalue weighted by molar-refractivity contribution is 6.07. The standard InChI is InChI=1S/C23H32N2O/c1-17(2)13-24(14-18(3)4)15-19(26)16-25-22-11-7-5-9-20(22)21-10-6-8-12-23(21)25/h5-12,17-19,26H,13-16H2,1-4H3/p+1/t19-/m0/s1. The van der Waals surface area contributed by atoms with Gasteiger partial charge in [0.25, 0.3) is 0 Å². The first kappa shape index (κ1) is 18.9. The zero-order valence-electron chi connectivity index (χ0n) is 16.6. The van der Waals surface area contributed by atoms with Crippen molar-refractivity contribution in [3.63, 3.8) is 0 Å². The fourth-order valence-corrected chi connectivity index (χ4v) is 4.21. The maximum Gasteiger partial charge on any atom is 0.121 e. The molecule has 3 nitrogen and oxygen atoms in total. The highest BCUT2D eigenvalue weighted by atomic mass is 16.3. The molecule has 3 aromatic rings. The number of hydrogen-bond acceptors (Lipinski definition) is 1. The van der Waals surface area contributed by atoms with Crippen LogP contribution in [-0.4, -0.2) is 35.4 Å². The van der Waals surface area contributed by atoms with Crippen LogP contribution in [0.3, 0.4) is 0 Å². The maximum atomic E-state index is 10.9. The lowest BCUT2D eigenvalue weighted by atomic mass is 10.1. The van der Waals surface area contributed by atoms with Crippen LogP contribution in [0.15, 0.2) is 48.5 Å². The molecule has 0 spiro atoms. The summed E-state index contributed by atoms with van der Waals surface area (Å²) in [5.74, 6) is 1.29. The van der Waals surface area contributed by atoms with E-state index < -0.39 is 0 Å². The zero-order valence-corrected chi connectivity index (χ0v) is 16.6. The summed E-state index contributed by atoms with van der Waals surface area (Å²) in [4.78, 5) is 1.50. The lowest BCUT2D eigenvalue weighted by Gasteiger charge is -2.26. The van der Waals surface area contributed by atoms with E-state index >= 15 is 0 Å². The molecule has 0 aliphatic rings. The number of aromatic nitrogens is 1. The van der Waals surface area contributed by atoms with Crippen molar-refractivity contribution in [2.75, 3.05) is 19.6 Å². The van der Waals surface area contributed by atoms with Crippen molar-refractivity contribution >= 4 is 21.8 Å². The molecule has 1 atom stereocenters. The number of nitrogens with zero attached hydrogens (tertiary/aromatic N) is 1. The van der Waals surface area contributed by atoms with Crippen molar-refractivity contribution in [2.45, 2.75) is 40.3 Å². The highest BCUT2D eigenvalue weighted by Gasteiger charge is 2.20. The molecule has 0 radical (unpaired) electrons. The van der Waals surface area contributed by atoms with Crippen molar-refractivity contribution in [3.05, 3.63) is 48.5 Å². The Bertz CT molecular complexity index is 786. The van der Waals surface area contributed by atoms with Gasteiger partial charge in [0.15, 0.2) is 0 Å². The Labute approximate surface area is 157 Å². The maximum absolute atomic E-state index is 10.9. The second-order valence-electron chi connectivity index (χ2n) is 8.45. The van der Waals surface area contributed by atoms with E-state index in [2.05, 4.69) is 80.8 Å². The Morgan fingerprint density at radius 1 is 0.769 bits per heavy atom. The van der Waals surface area contributed by atoms with Gasteiger partial charge in [-0.2, -0.15) is 0 Å². The summed E-state index contributed by atoms with van der Waals surface area (Å²) >= 11 is 0. The second-order valence-corrected chi connectivity index (χ2v) is 8.45. The molecule has 0 saturated heterocycles. The van der Waals surface area contributed by atoms with E-state index in [0.29, 0.717) is 18.4 Å². The van der Waals surface area contributed by atoms with Gasteiger partial charge in [-0.1, -0.05) is 64.1 Å². The van der Waals surface area contributed by atoms with E-state index in [1.54, 1.807) is 0 Å². The number of quaternary nitrogens is 1. The van der Waals surface area contributed by atoms with Gasteiger partial charge in [-0.25, -0.2) is 0 Å². The van der Waals surface area contributed by atoms with Gasteiger partial charge in [0.2, 0.25) is 0 Å². The summed E-state index contributed by atoms with van der Waals surface area (Å²) in [6, 6.07) is 17.0. The Morgan fingerprint density at radius 3 is 1.69 bits per heavy atom. The molecule has 0 bridgehead atoms. The molecule has 2 N–H and O–H groups in total. The summed E-state index contributed by atoms with van der Waals surface area (Å²) in [7, 11) is 0. The first-order valence-electron chi connectivity index (χ1n) is 9.93. The molecule has 3 rings (SSSR count). The Kier molecular flexibility index (Phi) is 6.00. The van der Waals surface area contributed by atoms with E-state index in [1.165, 1.54) is 26.7 Å². The monoisotopic (exact) mass is 353 g/mol. The lowest BCUT2D eigenvalue weighted by molar-refractivity contribution is -0.909. The predicted octanol–water partition coefficient (Wildman–Crippen LogP) is 3.35. The molecule has 0 unspecified atom stereocenters. The van der Waals surface area contributed by atoms with Crippen molar-refractivity contribution in [1.29, 1.82) is 0 Å². The highest BCUT2D eigenvalue weighted by Crippen LogP contribution is 2.28. The summed E-state index contributed by atoms with van der Waals surface area (Å²) in [5, 5.41) is 13.4. The van der Waals surface area contributed by atoms with Gasteiger partial charge < -0.3 is 14.6 Å². The van der Waals surface area contributed by atoms with Crippen LogP contribution < -0.4 is 4.90 Å². The summed E-state index contributed by atoms with van der Waals surface area (Å²) in [6.07, 6.45) is -0.346. The van der Waals surface area contributed by atoms with Crippen molar-refractivity contribution in [3.8, 4) is 0 Å². The molecule has 140 valence electrons. The number of rotatable bonds is 8. The number of benzene rings is 2. The SMILES string of the molecule is CC(C)C[NH+](CC(C)C)C[C@H](O)Cn1c2ccccc2c2ccccc21. The zero-order chi connectivity index (χ0) is 18.7. The molecule has 0 aliphatic carbocycles. The number of aliphatic hydroxyl groups is 1. The molecule has 0 saturated carbocycles. The smallest absolute Gasteiger partial charge is 0.121 e. The first-order chi connectivity index (χ1) is 12.5. The van der Waals surface area contributed by atoms with E-state index in [9.17, 15) is 5.11 Å². The van der Waals surface area contributed by atoms with E-state index in [0.717, 1.165) is 19.6 Å². The second kappa shape index (κ2) is 8.24. The van der Waals surface area contributed by atoms with Crippen molar-refractivity contribution < 1.29 is 10.0 Å². The van der Waals surface area contributed by atoms with Gasteiger partial charge in [0.05, 0.1) is 19.6 Å². The van der Waals surface area contributed by atoms with Crippen LogP contribution in [0.25, 0.3) is 21.8 Å². The molecular formula is C23H33N2O+. The van der Waals surface area contributed by atoms with Gasteiger partial charge in [0.1, 0.15) is 12.6 Å². The number of para-hydroxylation sites is 2. The Morgan fingerprint density at radius 2 is 1.23 bits per heavy atom. The molecule has 0 aliphatic heterocycles. The average Bonchev–Trinajstić information content (AvgIpc) is 2.88. The van der Waals surface area contributed by atoms with Gasteiger partial charge >= 0.3 is 0 Å². The van der Waals surface area contributed by atoms with Crippen LogP contribution in [0, 0.1) is 11.8 Å². The van der Waals surface area contributed by atoms with Crippen LogP contribution in [-0.2, 0) is 6.54 Å². The van der Waals surface area contributed by atoms with Crippen LogP contribution in [0.2, 0.25) is 0 Å². The van der Waals surface area contributed by atoms with E-state index in [1.807, 2.05) is 0 Å². The lowest BCUT2D eigenvalue weighted by Crippen LogP contribution is -3.14. The first-order valence-corrected chi connectivity index (χ1v) is 9.93. The summed E-state index contributed by atoms with van der Waals surface area (Å²) < 4.78 is 2.29. The average molecular weight is 354 g/mol. The summed E-state index contributed by atoms with van der Waals surface area (Å²) in [5.41, 5.74) is 2.42. The molecule has 0 amide bonds. The van der Waals surface area contributed by atoms with Gasteiger partial charge in [-0.3, -0.25) is 0 Å². The minimum atomic E-state index is -0.346. The van der Waals surface area contributed by atoms with Crippen LogP contribution >= 0.6 is 0 Å². The molecule has 26 heavy (non-hydrogen) atoms. The Balaban J connectivity index is 1.85. The number of aliphatic hydroxyl groups excluding tert-OH is 1. The third-order valence-corrected chi connectivity index (χ3v) is 4.99. The third kappa shape index (κ3) is 4.28. The minimum Gasteiger partial charge on any atom is -0.385 e. The van der Waals surface area contributed by atoms with Crippen molar-refractivity contribution in [1.82, 2.24) is 4.57 Å². The van der Waals surface area contributed by atoms with Crippen LogP contribution in [0.1, 0.15) is 27.7 Å². The Hall–Kier alpha value is -1.84. The van der Waals surface area contributed by atoms with Crippen LogP contribution in [0.4, 0.5) is 0 Å². The number of fused-ring (bicyclic) bond motifs is 3. The largest absolute Gasteiger partial charge is 0.385 e. The fourth-order valence-electron chi connectivity index (χ4n) is 4.21. The van der Waals surface area contributed by atoms with Crippen LogP contribution in [0.5, 0.6) is 0 Å². The molecule has 3 heteroatoms. The van der Waals surface area contributed by atoms with E-state index in [4.69, 9.17) is 0 Å². The number of nitrogens with one attached hydrogen (secondary N) is 1. The molecular weight excluding hydrogens is 320 g/mol. The summed E-state index contributed by atoms with van der Waals surface area (Å²) in [6.45, 7) is 12.7. The topological polar surface area (TPSA) is 29.6 Å². The predicted molar refractivity (Wildman–Crippen MR) is 111 cm³/mol. The van der Waals surface area contributed by atoms with E-state index in [-0.39, 0.29) is 6.10 Å².